The predicted octanol–water partition coefficient (Wildman–Crippen LogP) is -0.584. The fourth-order valence-corrected chi connectivity index (χ4v) is 4.17. The minimum atomic E-state index is -1.000. The molecule has 11 heteroatoms. The van der Waals surface area contributed by atoms with E-state index >= 15 is 0 Å². The summed E-state index contributed by atoms with van der Waals surface area (Å²) in [5.74, 6) is -0.208. The van der Waals surface area contributed by atoms with E-state index in [4.69, 9.17) is 17.2 Å². The lowest BCUT2D eigenvalue weighted by Gasteiger charge is -2.27. The molecule has 3 atom stereocenters. The summed E-state index contributed by atoms with van der Waals surface area (Å²) in [7, 11) is 0. The van der Waals surface area contributed by atoms with E-state index < -0.39 is 35.8 Å². The fourth-order valence-electron chi connectivity index (χ4n) is 4.17. The van der Waals surface area contributed by atoms with Gasteiger partial charge in [-0.3, -0.25) is 24.7 Å². The number of amides is 3. The highest BCUT2D eigenvalue weighted by Crippen LogP contribution is 2.18. The van der Waals surface area contributed by atoms with Crippen LogP contribution in [0.2, 0.25) is 0 Å². The van der Waals surface area contributed by atoms with Crippen molar-refractivity contribution in [3.63, 3.8) is 0 Å². The van der Waals surface area contributed by atoms with Gasteiger partial charge in [-0.25, -0.2) is 4.79 Å². The monoisotopic (exact) mass is 499 g/mol. The molecule has 0 saturated heterocycles. The first-order chi connectivity index (χ1) is 17.3. The van der Waals surface area contributed by atoms with Crippen LogP contribution in [0.5, 0.6) is 0 Å². The Morgan fingerprint density at radius 3 is 2.28 bits per heavy atom. The number of hydrogen-bond acceptors (Lipinski definition) is 6. The number of primary amides is 1. The SMILES string of the molecule is NC(=O)C(Cc1ccccc1)NC(=O)C(CCCN=C(N)N)NC(=O)C(C=C=O)NC1CCCCC1. The Balaban J connectivity index is 2.11. The first-order valence-corrected chi connectivity index (χ1v) is 12.3. The summed E-state index contributed by atoms with van der Waals surface area (Å²) in [6.45, 7) is 0.253. The van der Waals surface area contributed by atoms with Crippen LogP contribution in [-0.4, -0.2) is 60.3 Å². The second-order valence-corrected chi connectivity index (χ2v) is 8.93. The number of guanidine groups is 1. The van der Waals surface area contributed by atoms with E-state index in [0.29, 0.717) is 6.42 Å². The van der Waals surface area contributed by atoms with Crippen LogP contribution >= 0.6 is 0 Å². The summed E-state index contributed by atoms with van der Waals surface area (Å²) in [4.78, 5) is 53.2. The van der Waals surface area contributed by atoms with Crippen molar-refractivity contribution in [2.75, 3.05) is 6.54 Å². The molecule has 0 bridgehead atoms. The van der Waals surface area contributed by atoms with Crippen molar-refractivity contribution in [3.8, 4) is 0 Å². The molecule has 1 aromatic rings. The third-order valence-corrected chi connectivity index (χ3v) is 6.06. The molecule has 0 spiro atoms. The van der Waals surface area contributed by atoms with Gasteiger partial charge in [0.15, 0.2) is 5.96 Å². The molecule has 1 aromatic carbocycles. The molecule has 1 fully saturated rings. The van der Waals surface area contributed by atoms with Crippen LogP contribution in [0, 0.1) is 0 Å². The highest BCUT2D eigenvalue weighted by molar-refractivity contribution is 5.93. The number of aliphatic imine (C=N–C) groups is 1. The van der Waals surface area contributed by atoms with Gasteiger partial charge in [-0.2, -0.15) is 0 Å². The van der Waals surface area contributed by atoms with Gasteiger partial charge in [0.05, 0.1) is 0 Å². The highest BCUT2D eigenvalue weighted by Gasteiger charge is 2.29. The maximum absolute atomic E-state index is 13.2. The molecule has 3 amide bonds. The lowest BCUT2D eigenvalue weighted by Crippen LogP contribution is -2.56. The average Bonchev–Trinajstić information content (AvgIpc) is 2.86. The maximum Gasteiger partial charge on any atom is 0.243 e. The van der Waals surface area contributed by atoms with E-state index in [1.165, 1.54) is 0 Å². The zero-order chi connectivity index (χ0) is 26.3. The minimum absolute atomic E-state index is 0.0791. The first-order valence-electron chi connectivity index (χ1n) is 12.3. The van der Waals surface area contributed by atoms with Crippen LogP contribution in [0.3, 0.4) is 0 Å². The molecule has 0 radical (unpaired) electrons. The Kier molecular flexibility index (Phi) is 12.2. The van der Waals surface area contributed by atoms with Gasteiger partial charge in [-0.15, -0.1) is 0 Å². The summed E-state index contributed by atoms with van der Waals surface area (Å²) < 4.78 is 0. The summed E-state index contributed by atoms with van der Waals surface area (Å²) in [6, 6.07) is 6.32. The fraction of sp³-hybridized carbons (Fsp3) is 0.520. The Morgan fingerprint density at radius 2 is 1.67 bits per heavy atom. The lowest BCUT2D eigenvalue weighted by molar-refractivity contribution is -0.131. The number of hydrogen-bond donors (Lipinski definition) is 6. The lowest BCUT2D eigenvalue weighted by atomic mass is 9.95. The van der Waals surface area contributed by atoms with Gasteiger partial charge in [0.1, 0.15) is 24.1 Å². The van der Waals surface area contributed by atoms with Crippen LogP contribution < -0.4 is 33.2 Å². The van der Waals surface area contributed by atoms with E-state index in [-0.39, 0.29) is 31.4 Å². The summed E-state index contributed by atoms with van der Waals surface area (Å²) in [6.07, 6.45) is 6.94. The molecule has 0 aliphatic heterocycles. The van der Waals surface area contributed by atoms with E-state index in [2.05, 4.69) is 20.9 Å². The molecule has 1 aliphatic rings. The van der Waals surface area contributed by atoms with E-state index in [1.807, 2.05) is 30.3 Å². The van der Waals surface area contributed by atoms with Crippen LogP contribution in [0.1, 0.15) is 50.5 Å². The zero-order valence-corrected chi connectivity index (χ0v) is 20.4. The molecule has 9 N–H and O–H groups in total. The number of benzene rings is 1. The third kappa shape index (κ3) is 10.3. The topological polar surface area (TPSA) is 195 Å². The Morgan fingerprint density at radius 1 is 1.00 bits per heavy atom. The smallest absolute Gasteiger partial charge is 0.243 e. The van der Waals surface area contributed by atoms with Crippen molar-refractivity contribution in [2.24, 2.45) is 22.2 Å². The van der Waals surface area contributed by atoms with E-state index in [1.54, 1.807) is 5.94 Å². The summed E-state index contributed by atoms with van der Waals surface area (Å²) in [5.41, 5.74) is 17.1. The number of carbonyl (C=O) groups excluding carboxylic acids is 4. The zero-order valence-electron chi connectivity index (χ0n) is 20.4. The molecule has 2 rings (SSSR count). The molecular weight excluding hydrogens is 462 g/mol. The van der Waals surface area contributed by atoms with Crippen molar-refractivity contribution in [1.29, 1.82) is 0 Å². The van der Waals surface area contributed by atoms with Crippen LogP contribution in [0.15, 0.2) is 41.4 Å². The van der Waals surface area contributed by atoms with Gasteiger partial charge in [-0.1, -0.05) is 49.6 Å². The van der Waals surface area contributed by atoms with Gasteiger partial charge in [0.2, 0.25) is 17.7 Å². The second kappa shape index (κ2) is 15.3. The number of nitrogens with zero attached hydrogens (tertiary/aromatic N) is 1. The largest absolute Gasteiger partial charge is 0.370 e. The standard InChI is InChI=1S/C25H37N7O4/c26-22(34)21(16-17-8-3-1-4-9-17)32-23(35)19(12-7-14-29-25(27)28)31-24(36)20(13-15-33)30-18-10-5-2-6-11-18/h1,3-4,8-9,13,18-21,30H,2,5-7,10-12,14,16H2,(H2,26,34)(H,31,36)(H,32,35)(H4,27,28,29). The number of nitrogens with two attached hydrogens (primary N) is 3. The molecule has 1 saturated carbocycles. The van der Waals surface area contributed by atoms with E-state index in [0.717, 1.165) is 43.7 Å². The predicted molar refractivity (Wildman–Crippen MR) is 137 cm³/mol. The molecule has 1 aliphatic carbocycles. The molecule has 0 heterocycles. The molecule has 11 nitrogen and oxygen atoms in total. The van der Waals surface area contributed by atoms with Gasteiger partial charge < -0.3 is 27.8 Å². The Bertz CT molecular complexity index is 937. The van der Waals surface area contributed by atoms with Crippen molar-refractivity contribution < 1.29 is 19.2 Å². The normalized spacial score (nSPS) is 16.0. The average molecular weight is 500 g/mol. The van der Waals surface area contributed by atoms with Crippen LogP contribution in [0.4, 0.5) is 0 Å². The number of nitrogens with one attached hydrogen (secondary N) is 3. The molecular formula is C25H37N7O4. The molecule has 196 valence electrons. The summed E-state index contributed by atoms with van der Waals surface area (Å²) >= 11 is 0. The number of rotatable bonds is 14. The first kappa shape index (κ1) is 28.5. The highest BCUT2D eigenvalue weighted by atomic mass is 16.2. The van der Waals surface area contributed by atoms with Gasteiger partial charge in [0, 0.05) is 25.1 Å². The summed E-state index contributed by atoms with van der Waals surface area (Å²) in [5, 5.41) is 8.54. The number of carbonyl (C=O) groups is 3. The van der Waals surface area contributed by atoms with Crippen LogP contribution in [-0.2, 0) is 25.6 Å². The van der Waals surface area contributed by atoms with Crippen molar-refractivity contribution in [3.05, 3.63) is 42.0 Å². The third-order valence-electron chi connectivity index (χ3n) is 6.06. The van der Waals surface area contributed by atoms with Gasteiger partial charge in [0.25, 0.3) is 0 Å². The Hall–Kier alpha value is -3.69. The van der Waals surface area contributed by atoms with Crippen LogP contribution in [0.25, 0.3) is 0 Å². The maximum atomic E-state index is 13.2. The van der Waals surface area contributed by atoms with E-state index in [9.17, 15) is 19.2 Å². The minimum Gasteiger partial charge on any atom is -0.370 e. The van der Waals surface area contributed by atoms with Gasteiger partial charge in [-0.05, 0) is 31.2 Å². The van der Waals surface area contributed by atoms with Crippen molar-refractivity contribution in [1.82, 2.24) is 16.0 Å². The molecule has 0 aromatic heterocycles. The Labute approximate surface area is 211 Å². The molecule has 36 heavy (non-hydrogen) atoms. The van der Waals surface area contributed by atoms with Crippen molar-refractivity contribution in [2.45, 2.75) is 75.5 Å². The second-order valence-electron chi connectivity index (χ2n) is 8.93. The quantitative estimate of drug-likeness (QED) is 0.0852. The van der Waals surface area contributed by atoms with Crippen molar-refractivity contribution >= 4 is 29.6 Å². The molecule has 3 unspecified atom stereocenters. The van der Waals surface area contributed by atoms with Gasteiger partial charge >= 0.3 is 0 Å².